The number of amides is 1. The highest BCUT2D eigenvalue weighted by Crippen LogP contribution is 2.27. The molecule has 0 atom stereocenters. The molecule has 0 aliphatic rings. The second-order valence-corrected chi connectivity index (χ2v) is 10.0. The van der Waals surface area contributed by atoms with Crippen LogP contribution in [0.2, 0.25) is 0 Å². The normalized spacial score (nSPS) is 11.2. The molecule has 5 heteroatoms. The Morgan fingerprint density at radius 3 is 2.21 bits per heavy atom. The number of carbonyl (C=O) groups excluding carboxylic acids is 2. The molecule has 0 radical (unpaired) electrons. The lowest BCUT2D eigenvalue weighted by Gasteiger charge is -2.11. The molecule has 0 saturated heterocycles. The third-order valence-electron chi connectivity index (χ3n) is 6.78. The molecule has 0 unspecified atom stereocenters. The number of hydrogen-bond acceptors (Lipinski definition) is 4. The van der Waals surface area contributed by atoms with Crippen LogP contribution < -0.4 is 10.2 Å². The van der Waals surface area contributed by atoms with Gasteiger partial charge >= 0.3 is 5.97 Å². The second kappa shape index (κ2) is 16.4. The van der Waals surface area contributed by atoms with Crippen LogP contribution in [0.3, 0.4) is 0 Å². The molecule has 3 rings (SSSR count). The first-order valence-electron chi connectivity index (χ1n) is 14.2. The van der Waals surface area contributed by atoms with Crippen LogP contribution in [0.25, 0.3) is 10.8 Å². The van der Waals surface area contributed by atoms with Crippen molar-refractivity contribution in [2.24, 2.45) is 5.10 Å². The molecule has 0 spiro atoms. The van der Waals surface area contributed by atoms with Crippen molar-refractivity contribution < 1.29 is 14.3 Å². The summed E-state index contributed by atoms with van der Waals surface area (Å²) in [4.78, 5) is 25.1. The fraction of sp³-hybridized carbons (Fsp3) is 0.424. The zero-order chi connectivity index (χ0) is 27.0. The van der Waals surface area contributed by atoms with Gasteiger partial charge in [0.15, 0.2) is 0 Å². The summed E-state index contributed by atoms with van der Waals surface area (Å²) >= 11 is 0. The number of esters is 1. The summed E-state index contributed by atoms with van der Waals surface area (Å²) in [7, 11) is 0. The van der Waals surface area contributed by atoms with Gasteiger partial charge in [-0.25, -0.2) is 10.2 Å². The lowest BCUT2D eigenvalue weighted by atomic mass is 10.0. The van der Waals surface area contributed by atoms with Crippen molar-refractivity contribution in [1.82, 2.24) is 5.43 Å². The summed E-state index contributed by atoms with van der Waals surface area (Å²) in [5.74, 6) is -0.131. The number of benzene rings is 3. The van der Waals surface area contributed by atoms with Gasteiger partial charge in [-0.05, 0) is 42.3 Å². The molecule has 5 nitrogen and oxygen atoms in total. The standard InChI is InChI=1S/C33H42N2O3/c1-3-4-5-6-7-8-9-10-11-12-13-21-32(36)35-34-25-30-29-20-15-14-18-27(29)22-23-31(30)38-33(37)28-19-16-17-26(2)24-28/h14-20,22-25H,3-13,21H2,1-2H3,(H,35,36). The predicted molar refractivity (Wildman–Crippen MR) is 157 cm³/mol. The highest BCUT2D eigenvalue weighted by atomic mass is 16.5. The van der Waals surface area contributed by atoms with Crippen LogP contribution in [-0.2, 0) is 4.79 Å². The third kappa shape index (κ3) is 9.77. The Balaban J connectivity index is 1.48. The monoisotopic (exact) mass is 514 g/mol. The van der Waals surface area contributed by atoms with Gasteiger partial charge in [0, 0.05) is 12.0 Å². The smallest absolute Gasteiger partial charge is 0.343 e. The molecule has 0 saturated carbocycles. The Kier molecular flexibility index (Phi) is 12.5. The SMILES string of the molecule is CCCCCCCCCCCCCC(=O)NN=Cc1c(OC(=O)c2cccc(C)c2)ccc2ccccc12. The van der Waals surface area contributed by atoms with Gasteiger partial charge in [-0.15, -0.1) is 0 Å². The number of ether oxygens (including phenoxy) is 1. The number of carbonyl (C=O) groups is 2. The Morgan fingerprint density at radius 1 is 0.816 bits per heavy atom. The zero-order valence-corrected chi connectivity index (χ0v) is 23.0. The van der Waals surface area contributed by atoms with Crippen LogP contribution in [0.15, 0.2) is 65.8 Å². The number of nitrogens with one attached hydrogen (secondary N) is 1. The maximum Gasteiger partial charge on any atom is 0.343 e. The molecular weight excluding hydrogens is 472 g/mol. The van der Waals surface area contributed by atoms with E-state index in [0.29, 0.717) is 23.3 Å². The van der Waals surface area contributed by atoms with Crippen LogP contribution in [-0.4, -0.2) is 18.1 Å². The van der Waals surface area contributed by atoms with Crippen LogP contribution in [0.1, 0.15) is 105 Å². The van der Waals surface area contributed by atoms with Gasteiger partial charge in [0.1, 0.15) is 5.75 Å². The first-order valence-corrected chi connectivity index (χ1v) is 14.2. The fourth-order valence-electron chi connectivity index (χ4n) is 4.60. The first kappa shape index (κ1) is 29.1. The number of nitrogens with zero attached hydrogens (tertiary/aromatic N) is 1. The quantitative estimate of drug-likeness (QED) is 0.0685. The highest BCUT2D eigenvalue weighted by molar-refractivity contribution is 6.04. The van der Waals surface area contributed by atoms with E-state index in [1.165, 1.54) is 57.8 Å². The van der Waals surface area contributed by atoms with Crippen molar-refractivity contribution in [3.8, 4) is 5.75 Å². The van der Waals surface area contributed by atoms with Crippen molar-refractivity contribution in [3.05, 3.63) is 77.4 Å². The van der Waals surface area contributed by atoms with Gasteiger partial charge in [-0.3, -0.25) is 4.79 Å². The number of fused-ring (bicyclic) bond motifs is 1. The topological polar surface area (TPSA) is 67.8 Å². The zero-order valence-electron chi connectivity index (χ0n) is 23.0. The van der Waals surface area contributed by atoms with E-state index in [1.54, 1.807) is 24.4 Å². The molecule has 3 aromatic rings. The summed E-state index contributed by atoms with van der Waals surface area (Å²) < 4.78 is 5.75. The summed E-state index contributed by atoms with van der Waals surface area (Å²) in [5, 5.41) is 6.09. The number of hydrazone groups is 1. The summed E-state index contributed by atoms with van der Waals surface area (Å²) in [6, 6.07) is 18.8. The van der Waals surface area contributed by atoms with E-state index < -0.39 is 5.97 Å². The molecule has 0 bridgehead atoms. The molecule has 202 valence electrons. The molecule has 3 aromatic carbocycles. The average molecular weight is 515 g/mol. The number of unbranched alkanes of at least 4 members (excludes halogenated alkanes) is 10. The third-order valence-corrected chi connectivity index (χ3v) is 6.78. The predicted octanol–water partition coefficient (Wildman–Crippen LogP) is 8.52. The Morgan fingerprint density at radius 2 is 1.50 bits per heavy atom. The number of rotatable bonds is 16. The molecule has 0 aromatic heterocycles. The first-order chi connectivity index (χ1) is 18.6. The van der Waals surface area contributed by atoms with E-state index in [1.807, 2.05) is 49.4 Å². The van der Waals surface area contributed by atoms with Crippen molar-refractivity contribution in [2.75, 3.05) is 0 Å². The van der Waals surface area contributed by atoms with E-state index in [2.05, 4.69) is 17.5 Å². The van der Waals surface area contributed by atoms with E-state index in [4.69, 9.17) is 4.74 Å². The molecule has 0 aliphatic carbocycles. The van der Waals surface area contributed by atoms with Gasteiger partial charge in [-0.2, -0.15) is 5.10 Å². The molecule has 0 fully saturated rings. The Bertz CT molecular complexity index is 1200. The highest BCUT2D eigenvalue weighted by Gasteiger charge is 2.14. The average Bonchev–Trinajstić information content (AvgIpc) is 2.92. The molecular formula is C33H42N2O3. The molecule has 1 N–H and O–H groups in total. The van der Waals surface area contributed by atoms with Gasteiger partial charge < -0.3 is 4.74 Å². The maximum atomic E-state index is 12.8. The lowest BCUT2D eigenvalue weighted by molar-refractivity contribution is -0.121. The van der Waals surface area contributed by atoms with E-state index in [9.17, 15) is 9.59 Å². The van der Waals surface area contributed by atoms with Crippen molar-refractivity contribution in [1.29, 1.82) is 0 Å². The molecule has 1 amide bonds. The van der Waals surface area contributed by atoms with Crippen molar-refractivity contribution in [3.63, 3.8) is 0 Å². The largest absolute Gasteiger partial charge is 0.422 e. The fourth-order valence-corrected chi connectivity index (χ4v) is 4.60. The Hall–Kier alpha value is -3.47. The van der Waals surface area contributed by atoms with E-state index in [-0.39, 0.29) is 5.91 Å². The minimum Gasteiger partial charge on any atom is -0.422 e. The Labute approximate surface area is 227 Å². The van der Waals surface area contributed by atoms with Crippen LogP contribution >= 0.6 is 0 Å². The van der Waals surface area contributed by atoms with Crippen LogP contribution in [0, 0.1) is 6.92 Å². The van der Waals surface area contributed by atoms with Gasteiger partial charge in [-0.1, -0.05) is 119 Å². The number of hydrogen-bond donors (Lipinski definition) is 1. The summed E-state index contributed by atoms with van der Waals surface area (Å²) in [5.41, 5.74) is 4.77. The van der Waals surface area contributed by atoms with E-state index >= 15 is 0 Å². The van der Waals surface area contributed by atoms with Crippen molar-refractivity contribution in [2.45, 2.75) is 90.9 Å². The molecule has 38 heavy (non-hydrogen) atoms. The van der Waals surface area contributed by atoms with E-state index in [0.717, 1.165) is 29.2 Å². The molecule has 0 aliphatic heterocycles. The summed E-state index contributed by atoms with van der Waals surface area (Å²) in [6.07, 6.45) is 15.8. The number of aryl methyl sites for hydroxylation is 1. The summed E-state index contributed by atoms with van der Waals surface area (Å²) in [6.45, 7) is 4.19. The van der Waals surface area contributed by atoms with Crippen LogP contribution in [0.5, 0.6) is 5.75 Å². The van der Waals surface area contributed by atoms with Crippen LogP contribution in [0.4, 0.5) is 0 Å². The second-order valence-electron chi connectivity index (χ2n) is 10.0. The minimum atomic E-state index is -0.431. The minimum absolute atomic E-state index is 0.101. The maximum absolute atomic E-state index is 12.8. The van der Waals surface area contributed by atoms with Gasteiger partial charge in [0.05, 0.1) is 11.8 Å². The van der Waals surface area contributed by atoms with Gasteiger partial charge in [0.25, 0.3) is 0 Å². The van der Waals surface area contributed by atoms with Crippen molar-refractivity contribution >= 4 is 28.9 Å². The molecule has 0 heterocycles. The lowest BCUT2D eigenvalue weighted by Crippen LogP contribution is -2.17. The van der Waals surface area contributed by atoms with Gasteiger partial charge in [0.2, 0.25) is 5.91 Å².